The Kier molecular flexibility index (Phi) is 4.45. The van der Waals surface area contributed by atoms with E-state index in [4.69, 9.17) is 9.47 Å². The van der Waals surface area contributed by atoms with Crippen LogP contribution in [0.25, 0.3) is 0 Å². The average molecular weight is 256 g/mol. The first-order chi connectivity index (χ1) is 9.24. The van der Waals surface area contributed by atoms with Crippen molar-refractivity contribution in [2.45, 2.75) is 26.4 Å². The third kappa shape index (κ3) is 3.28. The van der Waals surface area contributed by atoms with Crippen LogP contribution in [0.4, 0.5) is 0 Å². The molecule has 0 heterocycles. The minimum atomic E-state index is 0.00239. The third-order valence-electron chi connectivity index (χ3n) is 3.21. The lowest BCUT2D eigenvalue weighted by atomic mass is 10.1. The summed E-state index contributed by atoms with van der Waals surface area (Å²) in [6, 6.07) is 16.3. The molecule has 0 N–H and O–H groups in total. The molecule has 0 bridgehead atoms. The summed E-state index contributed by atoms with van der Waals surface area (Å²) in [7, 11) is 1.68. The highest BCUT2D eigenvalue weighted by Gasteiger charge is 2.11. The third-order valence-corrected chi connectivity index (χ3v) is 3.21. The zero-order valence-electron chi connectivity index (χ0n) is 11.7. The summed E-state index contributed by atoms with van der Waals surface area (Å²) in [6.45, 7) is 4.17. The lowest BCUT2D eigenvalue weighted by Crippen LogP contribution is -2.04. The Bertz CT molecular complexity index is 520. The number of methoxy groups -OCH3 is 1. The van der Waals surface area contributed by atoms with E-state index < -0.39 is 0 Å². The van der Waals surface area contributed by atoms with Gasteiger partial charge >= 0.3 is 0 Å². The van der Waals surface area contributed by atoms with Gasteiger partial charge in [0.2, 0.25) is 0 Å². The second-order valence-electron chi connectivity index (χ2n) is 4.51. The van der Waals surface area contributed by atoms with Crippen molar-refractivity contribution in [2.75, 3.05) is 7.11 Å². The SMILES string of the molecule is CCc1ccc(OC(C)c2ccccc2)c(OC)c1. The zero-order valence-corrected chi connectivity index (χ0v) is 11.7. The first kappa shape index (κ1) is 13.5. The van der Waals surface area contributed by atoms with Crippen molar-refractivity contribution in [3.63, 3.8) is 0 Å². The summed E-state index contributed by atoms with van der Waals surface area (Å²) >= 11 is 0. The second kappa shape index (κ2) is 6.28. The average Bonchev–Trinajstić information content (AvgIpc) is 2.48. The fraction of sp³-hybridized carbons (Fsp3) is 0.294. The highest BCUT2D eigenvalue weighted by molar-refractivity contribution is 5.43. The number of ether oxygens (including phenoxy) is 2. The standard InChI is InChI=1S/C17H20O2/c1-4-14-10-11-16(17(12-14)18-3)19-13(2)15-8-6-5-7-9-15/h5-13H,4H2,1-3H3. The van der Waals surface area contributed by atoms with E-state index in [0.29, 0.717) is 0 Å². The highest BCUT2D eigenvalue weighted by Crippen LogP contribution is 2.32. The molecule has 2 nitrogen and oxygen atoms in total. The Labute approximate surface area is 115 Å². The van der Waals surface area contributed by atoms with Gasteiger partial charge in [0.1, 0.15) is 6.10 Å². The molecule has 0 aliphatic carbocycles. The van der Waals surface area contributed by atoms with Crippen molar-refractivity contribution in [2.24, 2.45) is 0 Å². The van der Waals surface area contributed by atoms with Crippen LogP contribution in [0.1, 0.15) is 31.1 Å². The normalized spacial score (nSPS) is 11.9. The van der Waals surface area contributed by atoms with Crippen molar-refractivity contribution in [3.05, 3.63) is 59.7 Å². The van der Waals surface area contributed by atoms with Crippen molar-refractivity contribution in [1.29, 1.82) is 0 Å². The van der Waals surface area contributed by atoms with E-state index >= 15 is 0 Å². The molecule has 0 amide bonds. The number of hydrogen-bond acceptors (Lipinski definition) is 2. The van der Waals surface area contributed by atoms with Gasteiger partial charge in [-0.15, -0.1) is 0 Å². The second-order valence-corrected chi connectivity index (χ2v) is 4.51. The minimum absolute atomic E-state index is 0.00239. The van der Waals surface area contributed by atoms with E-state index in [2.05, 4.69) is 25.1 Å². The lowest BCUT2D eigenvalue weighted by Gasteiger charge is -2.17. The molecule has 1 atom stereocenters. The first-order valence-electron chi connectivity index (χ1n) is 6.63. The minimum Gasteiger partial charge on any atom is -0.493 e. The van der Waals surface area contributed by atoms with Crippen molar-refractivity contribution in [3.8, 4) is 11.5 Å². The molecular weight excluding hydrogens is 236 g/mol. The summed E-state index contributed by atoms with van der Waals surface area (Å²) in [5, 5.41) is 0. The zero-order chi connectivity index (χ0) is 13.7. The molecule has 0 fully saturated rings. The summed E-state index contributed by atoms with van der Waals surface area (Å²) in [5.41, 5.74) is 2.40. The maximum Gasteiger partial charge on any atom is 0.162 e. The first-order valence-corrected chi connectivity index (χ1v) is 6.63. The molecule has 100 valence electrons. The molecule has 0 aliphatic rings. The smallest absolute Gasteiger partial charge is 0.162 e. The van der Waals surface area contributed by atoms with Gasteiger partial charge in [-0.1, -0.05) is 43.3 Å². The van der Waals surface area contributed by atoms with E-state index in [1.165, 1.54) is 5.56 Å². The van der Waals surface area contributed by atoms with Crippen molar-refractivity contribution >= 4 is 0 Å². The van der Waals surface area contributed by atoms with E-state index in [1.54, 1.807) is 7.11 Å². The van der Waals surface area contributed by atoms with Gasteiger partial charge in [0.25, 0.3) is 0 Å². The molecule has 2 rings (SSSR count). The molecule has 2 aromatic rings. The maximum atomic E-state index is 6.00. The van der Waals surface area contributed by atoms with Crippen LogP contribution in [-0.4, -0.2) is 7.11 Å². The van der Waals surface area contributed by atoms with Crippen LogP contribution in [0.3, 0.4) is 0 Å². The molecule has 19 heavy (non-hydrogen) atoms. The van der Waals surface area contributed by atoms with Gasteiger partial charge < -0.3 is 9.47 Å². The Morgan fingerprint density at radius 1 is 1.00 bits per heavy atom. The lowest BCUT2D eigenvalue weighted by molar-refractivity contribution is 0.216. The van der Waals surface area contributed by atoms with Crippen LogP contribution in [-0.2, 0) is 6.42 Å². The van der Waals surface area contributed by atoms with E-state index in [9.17, 15) is 0 Å². The van der Waals surface area contributed by atoms with Crippen LogP contribution < -0.4 is 9.47 Å². The number of benzene rings is 2. The van der Waals surface area contributed by atoms with Gasteiger partial charge in [-0.2, -0.15) is 0 Å². The topological polar surface area (TPSA) is 18.5 Å². The van der Waals surface area contributed by atoms with Gasteiger partial charge in [0, 0.05) is 0 Å². The van der Waals surface area contributed by atoms with E-state index in [0.717, 1.165) is 23.5 Å². The molecular formula is C17H20O2. The molecule has 1 unspecified atom stereocenters. The van der Waals surface area contributed by atoms with Gasteiger partial charge in [0.05, 0.1) is 7.11 Å². The Balaban J connectivity index is 2.19. The molecule has 0 spiro atoms. The van der Waals surface area contributed by atoms with Crippen LogP contribution in [0, 0.1) is 0 Å². The quantitative estimate of drug-likeness (QED) is 0.789. The number of rotatable bonds is 5. The Morgan fingerprint density at radius 3 is 2.37 bits per heavy atom. The molecule has 0 aliphatic heterocycles. The fourth-order valence-corrected chi connectivity index (χ4v) is 2.01. The highest BCUT2D eigenvalue weighted by atomic mass is 16.5. The molecule has 0 radical (unpaired) electrons. The fourth-order valence-electron chi connectivity index (χ4n) is 2.01. The number of hydrogen-bond donors (Lipinski definition) is 0. The largest absolute Gasteiger partial charge is 0.493 e. The monoisotopic (exact) mass is 256 g/mol. The van der Waals surface area contributed by atoms with Crippen LogP contribution in [0.5, 0.6) is 11.5 Å². The summed E-state index contributed by atoms with van der Waals surface area (Å²) in [4.78, 5) is 0. The van der Waals surface area contributed by atoms with Crippen LogP contribution in [0.2, 0.25) is 0 Å². The summed E-state index contributed by atoms with van der Waals surface area (Å²) in [6.07, 6.45) is 0.993. The Morgan fingerprint density at radius 2 is 1.74 bits per heavy atom. The van der Waals surface area contributed by atoms with Crippen LogP contribution in [0.15, 0.2) is 48.5 Å². The molecule has 2 heteroatoms. The van der Waals surface area contributed by atoms with Gasteiger partial charge in [0.15, 0.2) is 11.5 Å². The van der Waals surface area contributed by atoms with Gasteiger partial charge in [-0.25, -0.2) is 0 Å². The van der Waals surface area contributed by atoms with Crippen molar-refractivity contribution < 1.29 is 9.47 Å². The van der Waals surface area contributed by atoms with Crippen LogP contribution >= 0.6 is 0 Å². The Hall–Kier alpha value is -1.96. The predicted molar refractivity (Wildman–Crippen MR) is 77.9 cm³/mol. The van der Waals surface area contributed by atoms with Gasteiger partial charge in [-0.05, 0) is 36.6 Å². The maximum absolute atomic E-state index is 6.00. The summed E-state index contributed by atoms with van der Waals surface area (Å²) in [5.74, 6) is 1.58. The molecule has 0 saturated carbocycles. The number of aryl methyl sites for hydroxylation is 1. The predicted octanol–water partition coefficient (Wildman–Crippen LogP) is 4.40. The molecule has 2 aromatic carbocycles. The molecule has 0 aromatic heterocycles. The molecule has 0 saturated heterocycles. The van der Waals surface area contributed by atoms with Crippen molar-refractivity contribution in [1.82, 2.24) is 0 Å². The van der Waals surface area contributed by atoms with E-state index in [1.807, 2.05) is 37.3 Å². The summed E-state index contributed by atoms with van der Waals surface area (Å²) < 4.78 is 11.4. The van der Waals surface area contributed by atoms with Gasteiger partial charge in [-0.3, -0.25) is 0 Å². The van der Waals surface area contributed by atoms with E-state index in [-0.39, 0.29) is 6.10 Å².